The molecule has 1 saturated heterocycles. The third kappa shape index (κ3) is 2.69. The van der Waals surface area contributed by atoms with Gasteiger partial charge >= 0.3 is 5.97 Å². The Bertz CT molecular complexity index is 405. The van der Waals surface area contributed by atoms with Gasteiger partial charge in [-0.2, -0.15) is 0 Å². The first-order valence-corrected chi connectivity index (χ1v) is 6.70. The molecule has 0 aromatic rings. The van der Waals surface area contributed by atoms with Crippen LogP contribution in [0, 0.1) is 11.8 Å². The molecular formula is C14H19NO4. The fourth-order valence-corrected chi connectivity index (χ4v) is 2.80. The summed E-state index contributed by atoms with van der Waals surface area (Å²) < 4.78 is 4.93. The molecule has 5 nitrogen and oxygen atoms in total. The van der Waals surface area contributed by atoms with E-state index in [0.717, 1.165) is 25.7 Å². The second kappa shape index (κ2) is 5.55. The van der Waals surface area contributed by atoms with Crippen molar-refractivity contribution in [1.29, 1.82) is 0 Å². The van der Waals surface area contributed by atoms with Crippen LogP contribution in [0.4, 0.5) is 0 Å². The number of hydrogen-bond acceptors (Lipinski definition) is 4. The van der Waals surface area contributed by atoms with Gasteiger partial charge in [-0.15, -0.1) is 0 Å². The molecule has 2 fully saturated rings. The first-order valence-electron chi connectivity index (χ1n) is 6.70. The molecule has 0 N–H and O–H groups in total. The number of nitrogens with zero attached hydrogens (tertiary/aromatic N) is 1. The van der Waals surface area contributed by atoms with E-state index < -0.39 is 5.97 Å². The number of carbonyl (C=O) groups excluding carboxylic acids is 3. The Balaban J connectivity index is 1.90. The van der Waals surface area contributed by atoms with Gasteiger partial charge in [-0.05, 0) is 19.8 Å². The Kier molecular flexibility index (Phi) is 4.02. The fraction of sp³-hybridized carbons (Fsp3) is 0.643. The molecule has 1 heterocycles. The van der Waals surface area contributed by atoms with Crippen LogP contribution in [0.5, 0.6) is 0 Å². The molecular weight excluding hydrogens is 246 g/mol. The number of carbonyl (C=O) groups is 3. The summed E-state index contributed by atoms with van der Waals surface area (Å²) in [6.07, 6.45) is 3.63. The normalized spacial score (nSPS) is 26.3. The van der Waals surface area contributed by atoms with Crippen LogP contribution >= 0.6 is 0 Å². The lowest BCUT2D eigenvalue weighted by atomic mass is 9.81. The highest BCUT2D eigenvalue weighted by molar-refractivity contribution is 6.05. The van der Waals surface area contributed by atoms with E-state index in [2.05, 4.69) is 6.58 Å². The minimum absolute atomic E-state index is 0.0443. The number of hydrogen-bond donors (Lipinski definition) is 0. The SMILES string of the molecule is C=C(C)C(=O)OCCN1C(=O)C2CCCCC2C1=O. The van der Waals surface area contributed by atoms with E-state index in [0.29, 0.717) is 5.57 Å². The first-order chi connectivity index (χ1) is 9.02. The van der Waals surface area contributed by atoms with E-state index >= 15 is 0 Å². The van der Waals surface area contributed by atoms with Gasteiger partial charge in [0.25, 0.3) is 0 Å². The van der Waals surface area contributed by atoms with E-state index in [4.69, 9.17) is 4.74 Å². The molecule has 2 atom stereocenters. The van der Waals surface area contributed by atoms with Crippen molar-refractivity contribution in [3.63, 3.8) is 0 Å². The van der Waals surface area contributed by atoms with Crippen LogP contribution in [0.2, 0.25) is 0 Å². The lowest BCUT2D eigenvalue weighted by Crippen LogP contribution is -2.34. The lowest BCUT2D eigenvalue weighted by Gasteiger charge is -2.19. The maximum atomic E-state index is 12.1. The zero-order valence-electron chi connectivity index (χ0n) is 11.2. The Hall–Kier alpha value is -1.65. The van der Waals surface area contributed by atoms with E-state index in [9.17, 15) is 14.4 Å². The van der Waals surface area contributed by atoms with Crippen molar-refractivity contribution in [2.75, 3.05) is 13.2 Å². The molecule has 0 bridgehead atoms. The Labute approximate surface area is 112 Å². The second-order valence-electron chi connectivity index (χ2n) is 5.24. The van der Waals surface area contributed by atoms with Crippen molar-refractivity contribution in [3.05, 3.63) is 12.2 Å². The Morgan fingerprint density at radius 1 is 1.26 bits per heavy atom. The Morgan fingerprint density at radius 3 is 2.26 bits per heavy atom. The average molecular weight is 265 g/mol. The van der Waals surface area contributed by atoms with Gasteiger partial charge in [0.1, 0.15) is 6.61 Å². The van der Waals surface area contributed by atoms with Gasteiger partial charge in [0, 0.05) is 5.57 Å². The predicted octanol–water partition coefficient (Wildman–Crippen LogP) is 1.28. The van der Waals surface area contributed by atoms with E-state index in [-0.39, 0.29) is 36.8 Å². The quantitative estimate of drug-likeness (QED) is 0.436. The van der Waals surface area contributed by atoms with Crippen molar-refractivity contribution in [3.8, 4) is 0 Å². The van der Waals surface area contributed by atoms with Gasteiger partial charge < -0.3 is 4.74 Å². The van der Waals surface area contributed by atoms with E-state index in [1.165, 1.54) is 4.90 Å². The van der Waals surface area contributed by atoms with Crippen molar-refractivity contribution >= 4 is 17.8 Å². The summed E-state index contributed by atoms with van der Waals surface area (Å²) in [6.45, 7) is 5.23. The highest BCUT2D eigenvalue weighted by Crippen LogP contribution is 2.37. The summed E-state index contributed by atoms with van der Waals surface area (Å²) in [4.78, 5) is 36.7. The summed E-state index contributed by atoms with van der Waals surface area (Å²) >= 11 is 0. The standard InChI is InChI=1S/C14H19NO4/c1-9(2)14(18)19-8-7-15-12(16)10-5-3-4-6-11(10)13(15)17/h10-11H,1,3-8H2,2H3. The molecule has 0 spiro atoms. The van der Waals surface area contributed by atoms with Gasteiger partial charge in [0.15, 0.2) is 0 Å². The van der Waals surface area contributed by atoms with Crippen LogP contribution in [-0.2, 0) is 19.1 Å². The summed E-state index contributed by atoms with van der Waals surface area (Å²) in [7, 11) is 0. The number of fused-ring (bicyclic) bond motifs is 1. The number of likely N-dealkylation sites (tertiary alicyclic amines) is 1. The molecule has 2 amide bonds. The highest BCUT2D eigenvalue weighted by atomic mass is 16.5. The van der Waals surface area contributed by atoms with Crippen LogP contribution in [0.15, 0.2) is 12.2 Å². The molecule has 0 aromatic heterocycles. The number of ether oxygens (including phenoxy) is 1. The fourth-order valence-electron chi connectivity index (χ4n) is 2.80. The maximum absolute atomic E-state index is 12.1. The van der Waals surface area contributed by atoms with Crippen molar-refractivity contribution < 1.29 is 19.1 Å². The largest absolute Gasteiger partial charge is 0.460 e. The number of esters is 1. The summed E-state index contributed by atoms with van der Waals surface area (Å²) in [5, 5.41) is 0. The predicted molar refractivity (Wildman–Crippen MR) is 67.9 cm³/mol. The third-order valence-corrected chi connectivity index (χ3v) is 3.83. The lowest BCUT2D eigenvalue weighted by molar-refractivity contribution is -0.145. The van der Waals surface area contributed by atoms with Crippen LogP contribution in [0.25, 0.3) is 0 Å². The maximum Gasteiger partial charge on any atom is 0.333 e. The molecule has 2 rings (SSSR count). The molecule has 0 radical (unpaired) electrons. The molecule has 19 heavy (non-hydrogen) atoms. The smallest absolute Gasteiger partial charge is 0.333 e. The number of amides is 2. The van der Waals surface area contributed by atoms with E-state index in [1.807, 2.05) is 0 Å². The van der Waals surface area contributed by atoms with Crippen LogP contribution in [0.3, 0.4) is 0 Å². The molecule has 0 aromatic carbocycles. The molecule has 2 unspecified atom stereocenters. The topological polar surface area (TPSA) is 63.7 Å². The van der Waals surface area contributed by atoms with Crippen LogP contribution < -0.4 is 0 Å². The molecule has 5 heteroatoms. The van der Waals surface area contributed by atoms with Gasteiger partial charge in [0.05, 0.1) is 18.4 Å². The van der Waals surface area contributed by atoms with Gasteiger partial charge in [0.2, 0.25) is 11.8 Å². The van der Waals surface area contributed by atoms with Gasteiger partial charge in [-0.3, -0.25) is 14.5 Å². The summed E-state index contributed by atoms with van der Waals surface area (Å²) in [5.74, 6) is -0.963. The number of imide groups is 1. The second-order valence-corrected chi connectivity index (χ2v) is 5.24. The molecule has 1 aliphatic carbocycles. The summed E-state index contributed by atoms with van der Waals surface area (Å²) in [5.41, 5.74) is 0.313. The van der Waals surface area contributed by atoms with Crippen molar-refractivity contribution in [1.82, 2.24) is 4.90 Å². The Morgan fingerprint density at radius 2 is 1.79 bits per heavy atom. The molecule has 1 saturated carbocycles. The van der Waals surface area contributed by atoms with E-state index in [1.54, 1.807) is 6.92 Å². The minimum Gasteiger partial charge on any atom is -0.460 e. The molecule has 2 aliphatic rings. The van der Waals surface area contributed by atoms with Crippen LogP contribution in [-0.4, -0.2) is 35.8 Å². The zero-order chi connectivity index (χ0) is 14.0. The van der Waals surface area contributed by atoms with Gasteiger partial charge in [-0.1, -0.05) is 19.4 Å². The highest BCUT2D eigenvalue weighted by Gasteiger charge is 2.47. The monoisotopic (exact) mass is 265 g/mol. The third-order valence-electron chi connectivity index (χ3n) is 3.83. The molecule has 1 aliphatic heterocycles. The van der Waals surface area contributed by atoms with Crippen molar-refractivity contribution in [2.24, 2.45) is 11.8 Å². The first kappa shape index (κ1) is 13.8. The van der Waals surface area contributed by atoms with Gasteiger partial charge in [-0.25, -0.2) is 4.79 Å². The minimum atomic E-state index is -0.489. The summed E-state index contributed by atoms with van der Waals surface area (Å²) in [6, 6.07) is 0. The van der Waals surface area contributed by atoms with Crippen LogP contribution in [0.1, 0.15) is 32.6 Å². The zero-order valence-corrected chi connectivity index (χ0v) is 11.2. The number of rotatable bonds is 4. The average Bonchev–Trinajstić information content (AvgIpc) is 2.64. The molecule has 104 valence electrons. The van der Waals surface area contributed by atoms with Crippen molar-refractivity contribution in [2.45, 2.75) is 32.6 Å².